The van der Waals surface area contributed by atoms with Gasteiger partial charge < -0.3 is 0 Å². The Balaban J connectivity index is 2.91. The number of nitrogens with one attached hydrogen (secondary N) is 1. The van der Waals surface area contributed by atoms with E-state index in [9.17, 15) is 0 Å². The number of hydrazone groups is 1. The molecule has 3 nitrogen and oxygen atoms in total. The van der Waals surface area contributed by atoms with Gasteiger partial charge in [-0.1, -0.05) is 41.7 Å². The predicted octanol–water partition coefficient (Wildman–Crippen LogP) is 4.24. The molecule has 1 heterocycles. The monoisotopic (exact) mass is 265 g/mol. The molecule has 1 N–H and O–H groups in total. The highest BCUT2D eigenvalue weighted by molar-refractivity contribution is 6.42. The van der Waals surface area contributed by atoms with Crippen molar-refractivity contribution in [2.75, 3.05) is 5.43 Å². The van der Waals surface area contributed by atoms with Gasteiger partial charge in [0.1, 0.15) is 5.15 Å². The highest BCUT2D eigenvalue weighted by Gasteiger charge is 2.06. The fourth-order valence-electron chi connectivity index (χ4n) is 0.750. The lowest BCUT2D eigenvalue weighted by molar-refractivity contribution is 1.18. The van der Waals surface area contributed by atoms with E-state index >= 15 is 0 Å². The summed E-state index contributed by atoms with van der Waals surface area (Å²) in [6.45, 7) is 3.91. The Morgan fingerprint density at radius 3 is 2.67 bits per heavy atom. The van der Waals surface area contributed by atoms with Gasteiger partial charge in [-0.3, -0.25) is 5.43 Å². The maximum atomic E-state index is 5.89. The van der Waals surface area contributed by atoms with Gasteiger partial charge >= 0.3 is 0 Å². The minimum Gasteiger partial charge on any atom is -0.260 e. The van der Waals surface area contributed by atoms with E-state index in [1.165, 1.54) is 6.07 Å². The Bertz CT molecular complexity index is 390. The van der Waals surface area contributed by atoms with Gasteiger partial charge in [0, 0.05) is 5.71 Å². The molecule has 0 radical (unpaired) electrons. The van der Waals surface area contributed by atoms with Gasteiger partial charge in [0.2, 0.25) is 0 Å². The highest BCUT2D eigenvalue weighted by atomic mass is 35.5. The van der Waals surface area contributed by atoms with E-state index in [2.05, 4.69) is 15.5 Å². The quantitative estimate of drug-likeness (QED) is 0.505. The van der Waals surface area contributed by atoms with E-state index in [1.54, 1.807) is 0 Å². The van der Waals surface area contributed by atoms with Crippen LogP contribution >= 0.6 is 34.8 Å². The minimum atomic E-state index is 0.202. The molecule has 0 aliphatic rings. The molecule has 0 saturated carbocycles. The Hall–Kier alpha value is -0.510. The van der Waals surface area contributed by atoms with E-state index < -0.39 is 0 Å². The Kier molecular flexibility index (Phi) is 4.64. The summed E-state index contributed by atoms with van der Waals surface area (Å²) < 4.78 is 0. The number of hydrogen-bond acceptors (Lipinski definition) is 3. The van der Waals surface area contributed by atoms with Crippen molar-refractivity contribution in [1.29, 1.82) is 0 Å². The average Bonchev–Trinajstić information content (AvgIpc) is 2.21. The smallest absolute Gasteiger partial charge is 0.166 e. The molecule has 0 saturated heterocycles. The Morgan fingerprint density at radius 2 is 2.07 bits per heavy atom. The third kappa shape index (κ3) is 3.52. The minimum absolute atomic E-state index is 0.202. The molecule has 0 spiro atoms. The number of anilines is 1. The van der Waals surface area contributed by atoms with E-state index in [0.29, 0.717) is 15.9 Å². The lowest BCUT2D eigenvalue weighted by Gasteiger charge is -2.04. The van der Waals surface area contributed by atoms with Crippen LogP contribution in [0.3, 0.4) is 0 Å². The lowest BCUT2D eigenvalue weighted by atomic mass is 10.3. The first-order chi connectivity index (χ1) is 7.04. The van der Waals surface area contributed by atoms with Crippen LogP contribution in [0.5, 0.6) is 0 Å². The molecular weight excluding hydrogens is 256 g/mol. The zero-order valence-electron chi connectivity index (χ0n) is 8.31. The van der Waals surface area contributed by atoms with Crippen molar-refractivity contribution in [1.82, 2.24) is 4.98 Å². The molecule has 0 bridgehead atoms. The van der Waals surface area contributed by atoms with E-state index in [4.69, 9.17) is 34.8 Å². The molecule has 82 valence electrons. The summed E-state index contributed by atoms with van der Waals surface area (Å²) in [6.07, 6.45) is 0.853. The number of rotatable bonds is 3. The Labute approximate surface area is 103 Å². The molecule has 0 aliphatic heterocycles. The molecule has 6 heteroatoms. The summed E-state index contributed by atoms with van der Waals surface area (Å²) in [4.78, 5) is 3.96. The van der Waals surface area contributed by atoms with Crippen molar-refractivity contribution >= 4 is 46.3 Å². The zero-order valence-corrected chi connectivity index (χ0v) is 10.6. The molecule has 0 aromatic carbocycles. The second-order valence-electron chi connectivity index (χ2n) is 2.90. The first kappa shape index (κ1) is 12.6. The summed E-state index contributed by atoms with van der Waals surface area (Å²) in [5, 5.41) is 4.97. The van der Waals surface area contributed by atoms with Crippen molar-refractivity contribution < 1.29 is 0 Å². The van der Waals surface area contributed by atoms with Gasteiger partial charge in [-0.2, -0.15) is 5.10 Å². The largest absolute Gasteiger partial charge is 0.260 e. The molecule has 0 fully saturated rings. The van der Waals surface area contributed by atoms with Crippen LogP contribution in [0, 0.1) is 0 Å². The van der Waals surface area contributed by atoms with E-state index in [-0.39, 0.29) is 5.15 Å². The third-order valence-corrected chi connectivity index (χ3v) is 2.71. The van der Waals surface area contributed by atoms with Crippen molar-refractivity contribution in [3.8, 4) is 0 Å². The van der Waals surface area contributed by atoms with Gasteiger partial charge in [0.25, 0.3) is 0 Å². The van der Waals surface area contributed by atoms with Crippen LogP contribution in [0.2, 0.25) is 15.2 Å². The van der Waals surface area contributed by atoms with Crippen molar-refractivity contribution in [2.45, 2.75) is 20.3 Å². The normalized spacial score (nSPS) is 11.7. The molecule has 15 heavy (non-hydrogen) atoms. The highest BCUT2D eigenvalue weighted by Crippen LogP contribution is 2.28. The Morgan fingerprint density at radius 1 is 1.40 bits per heavy atom. The molecule has 0 unspecified atom stereocenters. The molecule has 1 aromatic rings. The van der Waals surface area contributed by atoms with Gasteiger partial charge in [0.15, 0.2) is 5.82 Å². The van der Waals surface area contributed by atoms with Gasteiger partial charge in [-0.15, -0.1) is 0 Å². The van der Waals surface area contributed by atoms with Gasteiger partial charge in [-0.25, -0.2) is 4.98 Å². The number of pyridine rings is 1. The van der Waals surface area contributed by atoms with Crippen molar-refractivity contribution in [2.24, 2.45) is 5.10 Å². The summed E-state index contributed by atoms with van der Waals surface area (Å²) in [6, 6.07) is 1.53. The standard InChI is InChI=1S/C9H10Cl3N3/c1-3-5(2)14-15-9-7(11)4-6(10)8(12)13-9/h4H,3H2,1-2H3,(H,13,15)/b14-5-. The lowest BCUT2D eigenvalue weighted by Crippen LogP contribution is -1.98. The molecule has 0 amide bonds. The topological polar surface area (TPSA) is 37.3 Å². The summed E-state index contributed by atoms with van der Waals surface area (Å²) in [5.74, 6) is 0.402. The number of aromatic nitrogens is 1. The van der Waals surface area contributed by atoms with E-state index in [0.717, 1.165) is 12.1 Å². The second-order valence-corrected chi connectivity index (χ2v) is 4.08. The van der Waals surface area contributed by atoms with Crippen LogP contribution in [0.1, 0.15) is 20.3 Å². The van der Waals surface area contributed by atoms with Crippen LogP contribution in [0.4, 0.5) is 5.82 Å². The van der Waals surface area contributed by atoms with Gasteiger partial charge in [-0.05, 0) is 19.4 Å². The maximum Gasteiger partial charge on any atom is 0.166 e. The fraction of sp³-hybridized carbons (Fsp3) is 0.333. The molecule has 0 aliphatic carbocycles. The van der Waals surface area contributed by atoms with Crippen LogP contribution in [0.15, 0.2) is 11.2 Å². The summed E-state index contributed by atoms with van der Waals surface area (Å²) >= 11 is 17.4. The van der Waals surface area contributed by atoms with Crippen LogP contribution in [0.25, 0.3) is 0 Å². The molecule has 1 aromatic heterocycles. The average molecular weight is 267 g/mol. The van der Waals surface area contributed by atoms with Crippen LogP contribution < -0.4 is 5.43 Å². The molecular formula is C9H10Cl3N3. The van der Waals surface area contributed by atoms with Crippen LogP contribution in [-0.2, 0) is 0 Å². The fourth-order valence-corrected chi connectivity index (χ4v) is 1.29. The van der Waals surface area contributed by atoms with Crippen LogP contribution in [-0.4, -0.2) is 10.7 Å². The number of halogens is 3. The van der Waals surface area contributed by atoms with Crippen molar-refractivity contribution in [3.05, 3.63) is 21.3 Å². The predicted molar refractivity (Wildman–Crippen MR) is 66.3 cm³/mol. The van der Waals surface area contributed by atoms with Gasteiger partial charge in [0.05, 0.1) is 10.0 Å². The number of nitrogens with zero attached hydrogens (tertiary/aromatic N) is 2. The first-order valence-corrected chi connectivity index (χ1v) is 5.48. The van der Waals surface area contributed by atoms with E-state index in [1.807, 2.05) is 13.8 Å². The SMILES string of the molecule is CC/C(C)=N\Nc1nc(Cl)c(Cl)cc1Cl. The third-order valence-electron chi connectivity index (χ3n) is 1.75. The molecule has 0 atom stereocenters. The van der Waals surface area contributed by atoms with Crippen molar-refractivity contribution in [3.63, 3.8) is 0 Å². The molecule has 1 rings (SSSR count). The number of hydrogen-bond donors (Lipinski definition) is 1. The summed E-state index contributed by atoms with van der Waals surface area (Å²) in [7, 11) is 0. The summed E-state index contributed by atoms with van der Waals surface area (Å²) in [5.41, 5.74) is 3.68. The first-order valence-electron chi connectivity index (χ1n) is 4.35. The second kappa shape index (κ2) is 5.54. The zero-order chi connectivity index (χ0) is 11.4. The maximum absolute atomic E-state index is 5.89.